The second-order valence-electron chi connectivity index (χ2n) is 0.257. The first-order valence-electron chi connectivity index (χ1n) is 0.773. The van der Waals surface area contributed by atoms with E-state index in [1.807, 2.05) is 0 Å². The van der Waals surface area contributed by atoms with Crippen LogP contribution in [0.4, 0.5) is 0 Å². The first-order chi connectivity index (χ1) is 1.91. The van der Waals surface area contributed by atoms with Crippen molar-refractivity contribution >= 4 is 8.69 Å². The van der Waals surface area contributed by atoms with Gasteiger partial charge in [0.15, 0.2) is 0 Å². The van der Waals surface area contributed by atoms with Gasteiger partial charge in [-0.3, -0.25) is 4.52 Å². The molecule has 0 saturated carbocycles. The summed E-state index contributed by atoms with van der Waals surface area (Å²) in [7, 11) is 1.10. The highest BCUT2D eigenvalue weighted by Gasteiger charge is 1.51. The van der Waals surface area contributed by atoms with Crippen molar-refractivity contribution in [3.8, 4) is 0 Å². The first kappa shape index (κ1) is 8.91. The summed E-state index contributed by atoms with van der Waals surface area (Å²) in [4.78, 5) is 0. The van der Waals surface area contributed by atoms with Gasteiger partial charge in [-0.05, 0) is 0 Å². The van der Waals surface area contributed by atoms with Crippen LogP contribution in [0.1, 0.15) is 7.43 Å². The van der Waals surface area contributed by atoms with Crippen molar-refractivity contribution in [2.24, 2.45) is 0 Å². The maximum absolute atomic E-state index is 9.05. The zero-order valence-corrected chi connectivity index (χ0v) is 3.16. The Bertz CT molecular complexity index is 21.6. The third-order valence-electron chi connectivity index (χ3n) is 0.0745. The van der Waals surface area contributed by atoms with E-state index in [4.69, 9.17) is 4.57 Å². The Hall–Kier alpha value is 0.0600. The molecule has 0 aromatic carbocycles. The van der Waals surface area contributed by atoms with Crippen molar-refractivity contribution in [1.82, 2.24) is 0 Å². The summed E-state index contributed by atoms with van der Waals surface area (Å²) in [6.07, 6.45) is 0. The SMILES string of the molecule is C.COP=O. The Morgan fingerprint density at radius 2 is 2.00 bits per heavy atom. The van der Waals surface area contributed by atoms with Crippen molar-refractivity contribution in [3.63, 3.8) is 0 Å². The van der Waals surface area contributed by atoms with Crippen LogP contribution >= 0.6 is 8.69 Å². The Balaban J connectivity index is 0. The van der Waals surface area contributed by atoms with Crippen molar-refractivity contribution < 1.29 is 9.09 Å². The topological polar surface area (TPSA) is 26.3 Å². The molecule has 0 amide bonds. The summed E-state index contributed by atoms with van der Waals surface area (Å²) < 4.78 is 13.0. The van der Waals surface area contributed by atoms with Crippen LogP contribution in [-0.2, 0) is 9.09 Å². The van der Waals surface area contributed by atoms with Gasteiger partial charge in [0.05, 0.1) is 0 Å². The molecule has 32 valence electrons. The molecule has 0 atom stereocenters. The lowest BCUT2D eigenvalue weighted by molar-refractivity contribution is 0.433. The lowest BCUT2D eigenvalue weighted by Gasteiger charge is -1.57. The van der Waals surface area contributed by atoms with Gasteiger partial charge in [0.1, 0.15) is 0 Å². The predicted octanol–water partition coefficient (Wildman–Crippen LogP) is 1.48. The largest absolute Gasteiger partial charge is 0.327 e. The molecule has 0 saturated heterocycles. The standard InChI is InChI=1S/CH3O2P.CH4/c1-3-4-2;/h1H3;1H4. The molecule has 0 unspecified atom stereocenters. The molecule has 0 rings (SSSR count). The molecule has 3 heteroatoms. The van der Waals surface area contributed by atoms with Crippen LogP contribution in [0.3, 0.4) is 0 Å². The molecule has 0 aliphatic rings. The lowest BCUT2D eigenvalue weighted by Crippen LogP contribution is -1.42. The molecule has 0 aromatic rings. The number of hydrogen-bond acceptors (Lipinski definition) is 2. The van der Waals surface area contributed by atoms with Crippen molar-refractivity contribution in [1.29, 1.82) is 0 Å². The highest BCUT2D eigenvalue weighted by atomic mass is 31.1. The van der Waals surface area contributed by atoms with Gasteiger partial charge in [0, 0.05) is 7.11 Å². The molecule has 0 aliphatic carbocycles. The Labute approximate surface area is 33.4 Å². The predicted molar refractivity (Wildman–Crippen MR) is 21.3 cm³/mol. The van der Waals surface area contributed by atoms with E-state index in [-0.39, 0.29) is 16.1 Å². The molecule has 0 fully saturated rings. The minimum absolute atomic E-state index is 0. The van der Waals surface area contributed by atoms with Crippen molar-refractivity contribution in [2.75, 3.05) is 7.11 Å². The number of rotatable bonds is 1. The molecular weight excluding hydrogens is 87.0 g/mol. The first-order valence-corrected chi connectivity index (χ1v) is 1.50. The Morgan fingerprint density at radius 1 is 1.80 bits per heavy atom. The van der Waals surface area contributed by atoms with Crippen LogP contribution in [0.5, 0.6) is 0 Å². The molecular formula is C2H7O2P. The fraction of sp³-hybridized carbons (Fsp3) is 1.00. The molecule has 0 aliphatic heterocycles. The minimum atomic E-state index is -0.252. The number of hydrogen-bond donors (Lipinski definition) is 0. The molecule has 0 N–H and O–H groups in total. The molecule has 0 bridgehead atoms. The minimum Gasteiger partial charge on any atom is -0.298 e. The van der Waals surface area contributed by atoms with Gasteiger partial charge in [0.2, 0.25) is 0 Å². The Kier molecular flexibility index (Phi) is 16.0. The highest BCUT2D eigenvalue weighted by molar-refractivity contribution is 7.17. The maximum Gasteiger partial charge on any atom is 0.327 e. The summed E-state index contributed by atoms with van der Waals surface area (Å²) in [5.41, 5.74) is 0. The zero-order valence-electron chi connectivity index (χ0n) is 2.26. The molecule has 0 heterocycles. The van der Waals surface area contributed by atoms with Crippen LogP contribution in [0.25, 0.3) is 0 Å². The molecule has 0 spiro atoms. The lowest BCUT2D eigenvalue weighted by atomic mass is 11.8. The second-order valence-corrected chi connectivity index (χ2v) is 0.771. The van der Waals surface area contributed by atoms with E-state index in [1.54, 1.807) is 0 Å². The summed E-state index contributed by atoms with van der Waals surface area (Å²) in [5, 5.41) is 0. The van der Waals surface area contributed by atoms with Crippen molar-refractivity contribution in [3.05, 3.63) is 0 Å². The monoisotopic (exact) mass is 94.0 g/mol. The molecule has 0 radical (unpaired) electrons. The third-order valence-corrected chi connectivity index (χ3v) is 0.224. The normalized spacial score (nSPS) is 6.60. The van der Waals surface area contributed by atoms with Crippen LogP contribution in [0.2, 0.25) is 0 Å². The van der Waals surface area contributed by atoms with Crippen LogP contribution in [0.15, 0.2) is 0 Å². The van der Waals surface area contributed by atoms with Gasteiger partial charge in [0.25, 0.3) is 0 Å². The zero-order chi connectivity index (χ0) is 3.41. The maximum atomic E-state index is 9.05. The van der Waals surface area contributed by atoms with Gasteiger partial charge < -0.3 is 0 Å². The molecule has 5 heavy (non-hydrogen) atoms. The van der Waals surface area contributed by atoms with Crippen LogP contribution in [0, 0.1) is 0 Å². The second kappa shape index (κ2) is 8.96. The average molecular weight is 94.0 g/mol. The van der Waals surface area contributed by atoms with E-state index in [9.17, 15) is 0 Å². The van der Waals surface area contributed by atoms with Gasteiger partial charge in [-0.25, -0.2) is 4.57 Å². The smallest absolute Gasteiger partial charge is 0.298 e. The average Bonchev–Trinajstić information content (AvgIpc) is 1.37. The van der Waals surface area contributed by atoms with Gasteiger partial charge >= 0.3 is 8.69 Å². The van der Waals surface area contributed by atoms with Gasteiger partial charge in [-0.2, -0.15) is 0 Å². The van der Waals surface area contributed by atoms with E-state index < -0.39 is 0 Å². The molecule has 0 aromatic heterocycles. The summed E-state index contributed by atoms with van der Waals surface area (Å²) in [6.45, 7) is 0. The summed E-state index contributed by atoms with van der Waals surface area (Å²) in [6, 6.07) is 0. The molecule has 2 nitrogen and oxygen atoms in total. The summed E-state index contributed by atoms with van der Waals surface area (Å²) in [5.74, 6) is 0. The van der Waals surface area contributed by atoms with E-state index >= 15 is 0 Å². The third kappa shape index (κ3) is 15.3. The van der Waals surface area contributed by atoms with E-state index in [2.05, 4.69) is 4.52 Å². The van der Waals surface area contributed by atoms with Crippen LogP contribution in [-0.4, -0.2) is 7.11 Å². The quantitative estimate of drug-likeness (QED) is 0.460. The van der Waals surface area contributed by atoms with E-state index in [0.717, 1.165) is 0 Å². The van der Waals surface area contributed by atoms with Gasteiger partial charge in [-0.1, -0.05) is 7.43 Å². The van der Waals surface area contributed by atoms with E-state index in [0.29, 0.717) is 0 Å². The fourth-order valence-electron chi connectivity index (χ4n) is 0. The fourth-order valence-corrected chi connectivity index (χ4v) is 0. The van der Waals surface area contributed by atoms with Gasteiger partial charge in [-0.15, -0.1) is 0 Å². The summed E-state index contributed by atoms with van der Waals surface area (Å²) >= 11 is 0. The highest BCUT2D eigenvalue weighted by Crippen LogP contribution is 1.83. The van der Waals surface area contributed by atoms with Crippen molar-refractivity contribution in [2.45, 2.75) is 7.43 Å². The Morgan fingerprint density at radius 3 is 2.00 bits per heavy atom. The van der Waals surface area contributed by atoms with Crippen LogP contribution < -0.4 is 0 Å². The van der Waals surface area contributed by atoms with E-state index in [1.165, 1.54) is 7.11 Å².